The summed E-state index contributed by atoms with van der Waals surface area (Å²) in [6.45, 7) is 0.222. The van der Waals surface area contributed by atoms with E-state index in [0.29, 0.717) is 5.02 Å². The molecule has 0 unspecified atom stereocenters. The number of aromatic nitrogens is 1. The molecular weight excluding hydrogens is 310 g/mol. The van der Waals surface area contributed by atoms with Gasteiger partial charge in [-0.1, -0.05) is 23.7 Å². The molecule has 0 fully saturated rings. The third kappa shape index (κ3) is 3.32. The summed E-state index contributed by atoms with van der Waals surface area (Å²) in [5.41, 5.74) is 1.57. The number of ether oxygens (including phenoxy) is 1. The number of halogens is 1. The standard InChI is InChI=1S/C15H10ClNO3S/c16-11-3-1-2-10(6-11)12-9-21-15(17-12)8-20-14-7-19-5-4-13(14)18/h1-7,9H,8H2. The molecule has 0 aliphatic rings. The molecule has 21 heavy (non-hydrogen) atoms. The van der Waals surface area contributed by atoms with Gasteiger partial charge in [0.2, 0.25) is 11.2 Å². The first-order valence-corrected chi connectivity index (χ1v) is 7.38. The summed E-state index contributed by atoms with van der Waals surface area (Å²) in [5.74, 6) is 0.178. The Labute approximate surface area is 129 Å². The minimum absolute atomic E-state index is 0.178. The van der Waals surface area contributed by atoms with Gasteiger partial charge >= 0.3 is 0 Å². The van der Waals surface area contributed by atoms with E-state index in [1.165, 1.54) is 29.9 Å². The van der Waals surface area contributed by atoms with Crippen LogP contribution in [0.2, 0.25) is 5.02 Å². The molecule has 6 heteroatoms. The molecule has 0 aliphatic heterocycles. The van der Waals surface area contributed by atoms with Crippen molar-refractivity contribution in [3.05, 3.63) is 68.5 Å². The van der Waals surface area contributed by atoms with Gasteiger partial charge in [0.1, 0.15) is 17.9 Å². The fraction of sp³-hybridized carbons (Fsp3) is 0.0667. The van der Waals surface area contributed by atoms with E-state index in [4.69, 9.17) is 20.8 Å². The number of nitrogens with zero attached hydrogens (tertiary/aromatic N) is 1. The molecule has 0 spiro atoms. The lowest BCUT2D eigenvalue weighted by atomic mass is 10.2. The van der Waals surface area contributed by atoms with Crippen molar-refractivity contribution in [3.8, 4) is 17.0 Å². The predicted molar refractivity (Wildman–Crippen MR) is 81.9 cm³/mol. The monoisotopic (exact) mass is 319 g/mol. The highest BCUT2D eigenvalue weighted by Crippen LogP contribution is 2.24. The summed E-state index contributed by atoms with van der Waals surface area (Å²) in [6.07, 6.45) is 2.60. The molecule has 0 saturated carbocycles. The van der Waals surface area contributed by atoms with Gasteiger partial charge in [-0.15, -0.1) is 11.3 Å². The largest absolute Gasteiger partial charge is 0.479 e. The maximum atomic E-state index is 11.5. The van der Waals surface area contributed by atoms with E-state index < -0.39 is 0 Å². The second-order valence-corrected chi connectivity index (χ2v) is 5.59. The van der Waals surface area contributed by atoms with Crippen molar-refractivity contribution in [2.75, 3.05) is 0 Å². The zero-order valence-electron chi connectivity index (χ0n) is 10.8. The SMILES string of the molecule is O=c1ccocc1OCc1nc(-c2cccc(Cl)c2)cs1. The van der Waals surface area contributed by atoms with E-state index in [-0.39, 0.29) is 17.8 Å². The van der Waals surface area contributed by atoms with Crippen molar-refractivity contribution < 1.29 is 9.15 Å². The van der Waals surface area contributed by atoms with Crippen LogP contribution in [0, 0.1) is 0 Å². The summed E-state index contributed by atoms with van der Waals surface area (Å²) in [4.78, 5) is 16.0. The lowest BCUT2D eigenvalue weighted by molar-refractivity contribution is 0.291. The molecule has 1 aromatic carbocycles. The zero-order valence-corrected chi connectivity index (χ0v) is 12.4. The van der Waals surface area contributed by atoms with Crippen molar-refractivity contribution in [1.29, 1.82) is 0 Å². The molecule has 0 amide bonds. The summed E-state index contributed by atoms with van der Waals surface area (Å²) in [5, 5.41) is 3.37. The van der Waals surface area contributed by atoms with Crippen LogP contribution in [-0.4, -0.2) is 4.98 Å². The van der Waals surface area contributed by atoms with Gasteiger partial charge in [0.25, 0.3) is 0 Å². The minimum atomic E-state index is -0.215. The van der Waals surface area contributed by atoms with Gasteiger partial charge in [-0.2, -0.15) is 0 Å². The van der Waals surface area contributed by atoms with E-state index in [9.17, 15) is 4.79 Å². The maximum Gasteiger partial charge on any atom is 0.226 e. The first-order chi connectivity index (χ1) is 10.2. The van der Waals surface area contributed by atoms with Gasteiger partial charge in [0.15, 0.2) is 0 Å². The quantitative estimate of drug-likeness (QED) is 0.729. The Morgan fingerprint density at radius 2 is 2.24 bits per heavy atom. The van der Waals surface area contributed by atoms with E-state index in [2.05, 4.69) is 4.98 Å². The lowest BCUT2D eigenvalue weighted by Gasteiger charge is -2.01. The van der Waals surface area contributed by atoms with Crippen LogP contribution in [0.1, 0.15) is 5.01 Å². The molecule has 3 rings (SSSR count). The lowest BCUT2D eigenvalue weighted by Crippen LogP contribution is -2.05. The fourth-order valence-corrected chi connectivity index (χ4v) is 2.65. The van der Waals surface area contributed by atoms with Gasteiger partial charge in [0.05, 0.1) is 12.0 Å². The Morgan fingerprint density at radius 3 is 3.05 bits per heavy atom. The number of hydrogen-bond donors (Lipinski definition) is 0. The van der Waals surface area contributed by atoms with Crippen LogP contribution >= 0.6 is 22.9 Å². The Kier molecular flexibility index (Phi) is 4.03. The first kappa shape index (κ1) is 13.9. The third-order valence-electron chi connectivity index (χ3n) is 2.74. The Morgan fingerprint density at radius 1 is 1.33 bits per heavy atom. The average molecular weight is 320 g/mol. The molecule has 4 nitrogen and oxygen atoms in total. The van der Waals surface area contributed by atoms with Crippen molar-refractivity contribution in [3.63, 3.8) is 0 Å². The zero-order chi connectivity index (χ0) is 14.7. The summed E-state index contributed by atoms with van der Waals surface area (Å²) in [6, 6.07) is 8.80. The van der Waals surface area contributed by atoms with Crippen molar-refractivity contribution >= 4 is 22.9 Å². The Bertz CT molecular complexity index is 812. The number of hydrogen-bond acceptors (Lipinski definition) is 5. The second kappa shape index (κ2) is 6.11. The van der Waals surface area contributed by atoms with Gasteiger partial charge in [0, 0.05) is 22.0 Å². The molecule has 0 bridgehead atoms. The van der Waals surface area contributed by atoms with Crippen LogP contribution in [0.15, 0.2) is 57.4 Å². The third-order valence-corrected chi connectivity index (χ3v) is 3.80. The van der Waals surface area contributed by atoms with E-state index in [0.717, 1.165) is 16.3 Å². The molecule has 106 valence electrons. The number of thiazole rings is 1. The van der Waals surface area contributed by atoms with Gasteiger partial charge in [-0.3, -0.25) is 4.79 Å². The molecule has 0 N–H and O–H groups in total. The van der Waals surface area contributed by atoms with Crippen LogP contribution in [0.25, 0.3) is 11.3 Å². The Balaban J connectivity index is 1.74. The number of rotatable bonds is 4. The highest BCUT2D eigenvalue weighted by Gasteiger charge is 2.07. The summed E-state index contributed by atoms with van der Waals surface area (Å²) in [7, 11) is 0. The highest BCUT2D eigenvalue weighted by atomic mass is 35.5. The molecule has 0 radical (unpaired) electrons. The maximum absolute atomic E-state index is 11.5. The molecule has 2 aromatic heterocycles. The average Bonchev–Trinajstić information content (AvgIpc) is 2.95. The van der Waals surface area contributed by atoms with Crippen LogP contribution in [0.3, 0.4) is 0 Å². The van der Waals surface area contributed by atoms with E-state index >= 15 is 0 Å². The number of benzene rings is 1. The van der Waals surface area contributed by atoms with Crippen molar-refractivity contribution in [2.45, 2.75) is 6.61 Å². The Hall–Kier alpha value is -2.11. The van der Waals surface area contributed by atoms with Gasteiger partial charge in [-0.25, -0.2) is 4.98 Å². The molecule has 0 saturated heterocycles. The van der Waals surface area contributed by atoms with Gasteiger partial charge in [-0.05, 0) is 12.1 Å². The molecule has 2 heterocycles. The van der Waals surface area contributed by atoms with Crippen molar-refractivity contribution in [2.24, 2.45) is 0 Å². The van der Waals surface area contributed by atoms with Crippen LogP contribution in [0.5, 0.6) is 5.75 Å². The molecular formula is C15H10ClNO3S. The van der Waals surface area contributed by atoms with E-state index in [1.807, 2.05) is 29.6 Å². The predicted octanol–water partition coefficient (Wildman–Crippen LogP) is 4.00. The van der Waals surface area contributed by atoms with E-state index in [1.54, 1.807) is 0 Å². The summed E-state index contributed by atoms with van der Waals surface area (Å²) < 4.78 is 10.3. The first-order valence-electron chi connectivity index (χ1n) is 6.12. The van der Waals surface area contributed by atoms with Crippen LogP contribution < -0.4 is 10.2 Å². The smallest absolute Gasteiger partial charge is 0.226 e. The molecule has 3 aromatic rings. The second-order valence-electron chi connectivity index (χ2n) is 4.21. The minimum Gasteiger partial charge on any atom is -0.479 e. The summed E-state index contributed by atoms with van der Waals surface area (Å²) >= 11 is 7.43. The van der Waals surface area contributed by atoms with Crippen molar-refractivity contribution in [1.82, 2.24) is 4.98 Å². The topological polar surface area (TPSA) is 52.3 Å². The molecule has 0 aliphatic carbocycles. The molecule has 0 atom stereocenters. The highest BCUT2D eigenvalue weighted by molar-refractivity contribution is 7.09. The van der Waals surface area contributed by atoms with Gasteiger partial charge < -0.3 is 9.15 Å². The fourth-order valence-electron chi connectivity index (χ4n) is 1.74. The normalized spacial score (nSPS) is 10.5. The van der Waals surface area contributed by atoms with Crippen LogP contribution in [-0.2, 0) is 6.61 Å². The van der Waals surface area contributed by atoms with Crippen LogP contribution in [0.4, 0.5) is 0 Å².